The Balaban J connectivity index is 2.04. The van der Waals surface area contributed by atoms with E-state index < -0.39 is 17.8 Å². The van der Waals surface area contributed by atoms with Crippen LogP contribution in [0.15, 0.2) is 0 Å². The number of rotatable bonds is 11. The number of unbranched alkanes of at least 4 members (excludes halogenated alkanes) is 3. The van der Waals surface area contributed by atoms with Crippen molar-refractivity contribution in [2.45, 2.75) is 57.8 Å². The lowest BCUT2D eigenvalue weighted by Crippen LogP contribution is -2.32. The monoisotopic (exact) mass is 438 g/mol. The molecule has 0 aromatic heterocycles. The molecule has 1 fully saturated rings. The summed E-state index contributed by atoms with van der Waals surface area (Å²) < 4.78 is 1.16. The van der Waals surface area contributed by atoms with E-state index in [2.05, 4.69) is 27.9 Å². The van der Waals surface area contributed by atoms with Gasteiger partial charge in [-0.15, -0.1) is 5.06 Å². The Kier molecular flexibility index (Phi) is 9.81. The van der Waals surface area contributed by atoms with Gasteiger partial charge in [-0.2, -0.15) is 0 Å². The molecule has 1 aliphatic heterocycles. The van der Waals surface area contributed by atoms with Crippen molar-refractivity contribution in [3.63, 3.8) is 0 Å². The van der Waals surface area contributed by atoms with Crippen LogP contribution in [0.4, 0.5) is 0 Å². The highest BCUT2D eigenvalue weighted by Crippen LogP contribution is 2.13. The average molecular weight is 438 g/mol. The van der Waals surface area contributed by atoms with Gasteiger partial charge in [-0.1, -0.05) is 35.4 Å². The fraction of sp³-hybridized carbons (Fsp3) is 0.733. The minimum absolute atomic E-state index is 0.000139. The summed E-state index contributed by atoms with van der Waals surface area (Å²) in [5.74, 6) is -1.76. The average Bonchev–Trinajstić information content (AvgIpc) is 2.82. The summed E-state index contributed by atoms with van der Waals surface area (Å²) in [6, 6.07) is 0. The summed E-state index contributed by atoms with van der Waals surface area (Å²) >= 11 is 2.35. The zero-order chi connectivity index (χ0) is 17.1. The molecule has 0 bridgehead atoms. The van der Waals surface area contributed by atoms with Crippen molar-refractivity contribution < 1.29 is 24.0 Å². The zero-order valence-electron chi connectivity index (χ0n) is 13.1. The van der Waals surface area contributed by atoms with Gasteiger partial charge >= 0.3 is 5.97 Å². The maximum absolute atomic E-state index is 11.6. The van der Waals surface area contributed by atoms with Gasteiger partial charge in [0.15, 0.2) is 0 Å². The topological polar surface area (TPSA) is 92.8 Å². The lowest BCUT2D eigenvalue weighted by Gasteiger charge is -2.12. The van der Waals surface area contributed by atoms with E-state index in [4.69, 9.17) is 4.84 Å². The Morgan fingerprint density at radius 3 is 2.30 bits per heavy atom. The molecular formula is C15H23IN2O5. The predicted molar refractivity (Wildman–Crippen MR) is 91.4 cm³/mol. The molecule has 1 aliphatic rings. The first-order valence-electron chi connectivity index (χ1n) is 7.94. The van der Waals surface area contributed by atoms with Crippen LogP contribution < -0.4 is 5.32 Å². The molecule has 0 spiro atoms. The fourth-order valence-electron chi connectivity index (χ4n) is 2.09. The van der Waals surface area contributed by atoms with Gasteiger partial charge in [-0.3, -0.25) is 14.4 Å². The van der Waals surface area contributed by atoms with Crippen molar-refractivity contribution in [3.05, 3.63) is 0 Å². The summed E-state index contributed by atoms with van der Waals surface area (Å²) in [6.45, 7) is 0.654. The number of hydrogen-bond acceptors (Lipinski definition) is 5. The molecule has 0 aliphatic carbocycles. The summed E-state index contributed by atoms with van der Waals surface area (Å²) in [4.78, 5) is 50.4. The van der Waals surface area contributed by atoms with Crippen LogP contribution in [0.25, 0.3) is 0 Å². The van der Waals surface area contributed by atoms with Crippen LogP contribution in [-0.4, -0.2) is 39.7 Å². The molecule has 3 amide bonds. The smallest absolute Gasteiger partial charge is 0.333 e. The van der Waals surface area contributed by atoms with Gasteiger partial charge in [0.2, 0.25) is 5.91 Å². The molecule has 1 rings (SSSR count). The third-order valence-electron chi connectivity index (χ3n) is 3.37. The maximum atomic E-state index is 11.6. The van der Waals surface area contributed by atoms with Gasteiger partial charge in [0.1, 0.15) is 0 Å². The lowest BCUT2D eigenvalue weighted by atomic mass is 10.2. The highest BCUT2D eigenvalue weighted by Gasteiger charge is 2.32. The Labute approximate surface area is 149 Å². The standard InChI is InChI=1S/C15H23IN2O5/c16-10-3-1-2-4-11-17-12(19)6-5-7-15(22)23-18-13(20)8-9-14(18)21/h1-11H2,(H,17,19). The number of halogens is 1. The third-order valence-corrected chi connectivity index (χ3v) is 4.13. The van der Waals surface area contributed by atoms with Gasteiger partial charge in [-0.25, -0.2) is 4.79 Å². The molecule has 1 heterocycles. The van der Waals surface area contributed by atoms with Gasteiger partial charge in [0.25, 0.3) is 11.8 Å². The number of carbonyl (C=O) groups excluding carboxylic acids is 4. The minimum Gasteiger partial charge on any atom is -0.356 e. The molecule has 8 heteroatoms. The Morgan fingerprint density at radius 2 is 1.65 bits per heavy atom. The van der Waals surface area contributed by atoms with Crippen LogP contribution in [0, 0.1) is 0 Å². The Morgan fingerprint density at radius 1 is 1.00 bits per heavy atom. The van der Waals surface area contributed by atoms with Crippen molar-refractivity contribution >= 4 is 46.3 Å². The second kappa shape index (κ2) is 11.4. The number of nitrogens with one attached hydrogen (secondary N) is 1. The molecule has 7 nitrogen and oxygen atoms in total. The number of amides is 3. The van der Waals surface area contributed by atoms with E-state index in [-0.39, 0.29) is 31.6 Å². The van der Waals surface area contributed by atoms with E-state index in [1.807, 2.05) is 0 Å². The van der Waals surface area contributed by atoms with Crippen LogP contribution in [0.2, 0.25) is 0 Å². The quantitative estimate of drug-likeness (QED) is 0.230. The lowest BCUT2D eigenvalue weighted by molar-refractivity contribution is -0.197. The van der Waals surface area contributed by atoms with Crippen LogP contribution in [-0.2, 0) is 24.0 Å². The number of nitrogens with zero attached hydrogens (tertiary/aromatic N) is 1. The summed E-state index contributed by atoms with van der Waals surface area (Å²) in [5, 5.41) is 3.33. The van der Waals surface area contributed by atoms with Crippen molar-refractivity contribution in [1.29, 1.82) is 0 Å². The molecule has 23 heavy (non-hydrogen) atoms. The normalized spacial score (nSPS) is 14.2. The minimum atomic E-state index is -0.666. The molecule has 0 radical (unpaired) electrons. The summed E-state index contributed by atoms with van der Waals surface area (Å²) in [5.41, 5.74) is 0. The van der Waals surface area contributed by atoms with Gasteiger partial charge in [0, 0.05) is 32.2 Å². The van der Waals surface area contributed by atoms with Gasteiger partial charge < -0.3 is 10.2 Å². The number of carbonyl (C=O) groups is 4. The Hall–Kier alpha value is -1.19. The number of imide groups is 1. The molecule has 0 atom stereocenters. The van der Waals surface area contributed by atoms with E-state index in [9.17, 15) is 19.2 Å². The molecule has 0 aromatic carbocycles. The highest BCUT2D eigenvalue weighted by atomic mass is 127. The zero-order valence-corrected chi connectivity index (χ0v) is 15.3. The van der Waals surface area contributed by atoms with E-state index in [0.29, 0.717) is 18.0 Å². The molecule has 130 valence electrons. The largest absolute Gasteiger partial charge is 0.356 e. The molecule has 1 saturated heterocycles. The third kappa shape index (κ3) is 8.29. The van der Waals surface area contributed by atoms with Crippen molar-refractivity contribution in [3.8, 4) is 0 Å². The number of hydroxylamine groups is 2. The summed E-state index contributed by atoms with van der Waals surface area (Å²) in [7, 11) is 0. The second-order valence-electron chi connectivity index (χ2n) is 5.35. The van der Waals surface area contributed by atoms with Gasteiger partial charge in [-0.05, 0) is 23.7 Å². The van der Waals surface area contributed by atoms with Crippen LogP contribution in [0.1, 0.15) is 57.8 Å². The first-order chi connectivity index (χ1) is 11.0. The summed E-state index contributed by atoms with van der Waals surface area (Å²) in [6.07, 6.45) is 5.16. The van der Waals surface area contributed by atoms with Crippen molar-refractivity contribution in [1.82, 2.24) is 10.4 Å². The second-order valence-corrected chi connectivity index (χ2v) is 6.43. The van der Waals surface area contributed by atoms with Crippen LogP contribution in [0.5, 0.6) is 0 Å². The van der Waals surface area contributed by atoms with Crippen molar-refractivity contribution in [2.75, 3.05) is 11.0 Å². The van der Waals surface area contributed by atoms with E-state index >= 15 is 0 Å². The van der Waals surface area contributed by atoms with Crippen molar-refractivity contribution in [2.24, 2.45) is 0 Å². The van der Waals surface area contributed by atoms with Crippen LogP contribution in [0.3, 0.4) is 0 Å². The molecule has 0 saturated carbocycles. The van der Waals surface area contributed by atoms with Crippen LogP contribution >= 0.6 is 22.6 Å². The molecular weight excluding hydrogens is 415 g/mol. The van der Waals surface area contributed by atoms with Gasteiger partial charge in [0.05, 0.1) is 0 Å². The first kappa shape index (κ1) is 19.9. The number of hydrogen-bond donors (Lipinski definition) is 1. The van der Waals surface area contributed by atoms with E-state index in [1.54, 1.807) is 0 Å². The Bertz CT molecular complexity index is 426. The molecule has 0 unspecified atom stereocenters. The molecule has 0 aromatic rings. The number of alkyl halides is 1. The SMILES string of the molecule is O=C(CCCC(=O)ON1C(=O)CCC1=O)NCCCCCCI. The van der Waals surface area contributed by atoms with E-state index in [0.717, 1.165) is 17.3 Å². The predicted octanol–water partition coefficient (Wildman–Crippen LogP) is 1.88. The maximum Gasteiger partial charge on any atom is 0.333 e. The van der Waals surface area contributed by atoms with E-state index in [1.165, 1.54) is 12.8 Å². The highest BCUT2D eigenvalue weighted by molar-refractivity contribution is 14.1. The molecule has 1 N–H and O–H groups in total. The first-order valence-corrected chi connectivity index (χ1v) is 9.46. The fourth-order valence-corrected chi connectivity index (χ4v) is 2.63.